The van der Waals surface area contributed by atoms with Crippen LogP contribution in [0.4, 0.5) is 5.69 Å². The second kappa shape index (κ2) is 11.2. The second-order valence-electron chi connectivity index (χ2n) is 9.01. The number of thioether (sulfide) groups is 1. The monoisotopic (exact) mass is 524 g/mol. The van der Waals surface area contributed by atoms with Gasteiger partial charge in [-0.15, -0.1) is 0 Å². The highest BCUT2D eigenvalue weighted by Gasteiger charge is 2.40. The van der Waals surface area contributed by atoms with Gasteiger partial charge in [0.1, 0.15) is 5.75 Å². The molecular formula is C27H29ClN4O3S. The lowest BCUT2D eigenvalue weighted by molar-refractivity contribution is -0.120. The number of fused-ring (bicyclic) bond motifs is 1. The Hall–Kier alpha value is -3.23. The molecule has 0 aliphatic carbocycles. The van der Waals surface area contributed by atoms with E-state index in [1.54, 1.807) is 37.4 Å². The zero-order valence-corrected chi connectivity index (χ0v) is 22.2. The van der Waals surface area contributed by atoms with Crippen molar-refractivity contribution >= 4 is 46.0 Å². The molecule has 0 radical (unpaired) electrons. The van der Waals surface area contributed by atoms with Crippen LogP contribution >= 0.6 is 23.4 Å². The lowest BCUT2D eigenvalue weighted by Gasteiger charge is -2.36. The zero-order valence-electron chi connectivity index (χ0n) is 20.7. The number of aliphatic imine (C=N–C) groups is 1. The van der Waals surface area contributed by atoms with Crippen molar-refractivity contribution < 1.29 is 14.3 Å². The Morgan fingerprint density at radius 3 is 2.61 bits per heavy atom. The van der Waals surface area contributed by atoms with Crippen LogP contribution in [0.2, 0.25) is 5.02 Å². The first-order valence-corrected chi connectivity index (χ1v) is 12.9. The first-order valence-electron chi connectivity index (χ1n) is 11.7. The van der Waals surface area contributed by atoms with Crippen molar-refractivity contribution in [1.82, 2.24) is 10.2 Å². The van der Waals surface area contributed by atoms with Gasteiger partial charge in [-0.05, 0) is 60.2 Å². The lowest BCUT2D eigenvalue weighted by atomic mass is 9.93. The summed E-state index contributed by atoms with van der Waals surface area (Å²) in [5.41, 5.74) is 3.37. The Balaban J connectivity index is 1.68. The van der Waals surface area contributed by atoms with Crippen LogP contribution in [0.3, 0.4) is 0 Å². The number of hydrogen-bond acceptors (Lipinski definition) is 6. The first kappa shape index (κ1) is 25.9. The van der Waals surface area contributed by atoms with Gasteiger partial charge < -0.3 is 20.3 Å². The van der Waals surface area contributed by atoms with Crippen LogP contribution in [0, 0.1) is 5.92 Å². The van der Waals surface area contributed by atoms with E-state index in [1.165, 1.54) is 11.8 Å². The summed E-state index contributed by atoms with van der Waals surface area (Å²) in [5.74, 6) is 0.709. The van der Waals surface area contributed by atoms with Gasteiger partial charge in [0.15, 0.2) is 5.17 Å². The maximum absolute atomic E-state index is 13.7. The number of ether oxygens (including phenoxy) is 1. The number of hydrogen-bond donors (Lipinski definition) is 2. The van der Waals surface area contributed by atoms with Crippen molar-refractivity contribution in [3.63, 3.8) is 0 Å². The van der Waals surface area contributed by atoms with Crippen LogP contribution in [-0.2, 0) is 9.59 Å². The van der Waals surface area contributed by atoms with Crippen molar-refractivity contribution in [2.24, 2.45) is 10.9 Å². The molecule has 9 heteroatoms. The Bertz CT molecular complexity index is 1250. The molecular weight excluding hydrogens is 496 g/mol. The lowest BCUT2D eigenvalue weighted by Crippen LogP contribution is -2.39. The number of carbonyl (C=O) groups excluding carboxylic acids is 2. The Labute approximate surface area is 220 Å². The number of nitrogens with one attached hydrogen (secondary N) is 2. The number of methoxy groups -OCH3 is 1. The third-order valence-electron chi connectivity index (χ3n) is 5.81. The highest BCUT2D eigenvalue weighted by Crippen LogP contribution is 2.45. The number of amidine groups is 1. The molecule has 0 aromatic heterocycles. The summed E-state index contributed by atoms with van der Waals surface area (Å²) in [5, 5.41) is 9.19. The van der Waals surface area contributed by atoms with Crippen molar-refractivity contribution in [2.45, 2.75) is 33.2 Å². The fraction of sp³-hybridized carbons (Fsp3) is 0.296. The Kier molecular flexibility index (Phi) is 8.06. The van der Waals surface area contributed by atoms with Crippen LogP contribution < -0.4 is 15.4 Å². The minimum Gasteiger partial charge on any atom is -0.497 e. The first-order chi connectivity index (χ1) is 17.3. The van der Waals surface area contributed by atoms with E-state index in [9.17, 15) is 9.59 Å². The maximum Gasteiger partial charge on any atom is 0.255 e. The number of nitrogens with zero attached hydrogens (tertiary/aromatic N) is 2. The molecule has 188 valence electrons. The highest BCUT2D eigenvalue weighted by atomic mass is 35.5. The van der Waals surface area contributed by atoms with Crippen molar-refractivity contribution in [2.75, 3.05) is 19.0 Å². The van der Waals surface area contributed by atoms with Gasteiger partial charge in [0.2, 0.25) is 5.91 Å². The van der Waals surface area contributed by atoms with Gasteiger partial charge in [0.25, 0.3) is 5.91 Å². The summed E-state index contributed by atoms with van der Waals surface area (Å²) in [4.78, 5) is 33.1. The molecule has 7 nitrogen and oxygen atoms in total. The van der Waals surface area contributed by atoms with Crippen LogP contribution in [0.1, 0.15) is 38.8 Å². The van der Waals surface area contributed by atoms with E-state index in [0.29, 0.717) is 40.2 Å². The van der Waals surface area contributed by atoms with Gasteiger partial charge >= 0.3 is 0 Å². The fourth-order valence-electron chi connectivity index (χ4n) is 4.07. The number of allylic oxidation sites excluding steroid dienone is 1. The van der Waals surface area contributed by atoms with Gasteiger partial charge in [-0.2, -0.15) is 0 Å². The summed E-state index contributed by atoms with van der Waals surface area (Å²) < 4.78 is 5.21. The summed E-state index contributed by atoms with van der Waals surface area (Å²) in [6, 6.07) is 14.1. The Morgan fingerprint density at radius 2 is 1.94 bits per heavy atom. The van der Waals surface area contributed by atoms with E-state index < -0.39 is 6.04 Å². The van der Waals surface area contributed by atoms with Gasteiger partial charge in [-0.1, -0.05) is 49.3 Å². The van der Waals surface area contributed by atoms with Gasteiger partial charge in [-0.3, -0.25) is 9.59 Å². The average Bonchev–Trinajstić information content (AvgIpc) is 3.24. The molecule has 0 spiro atoms. The topological polar surface area (TPSA) is 83.0 Å². The predicted octanol–water partition coefficient (Wildman–Crippen LogP) is 5.72. The van der Waals surface area contributed by atoms with Gasteiger partial charge in [0, 0.05) is 23.0 Å². The van der Waals surface area contributed by atoms with E-state index in [0.717, 1.165) is 16.4 Å². The number of benzene rings is 2. The van der Waals surface area contributed by atoms with Crippen molar-refractivity contribution in [3.05, 3.63) is 81.5 Å². The SMILES string of the molecule is COc1ccc(NC(=O)C2=C(C)N=C3SC=C(CC(=O)NCC(C)C)N3[C@H]2c2cccc(Cl)c2)cc1. The maximum atomic E-state index is 13.7. The summed E-state index contributed by atoms with van der Waals surface area (Å²) in [6.07, 6.45) is 0.183. The normalized spacial score (nSPS) is 16.9. The van der Waals surface area contributed by atoms with Crippen LogP contribution in [-0.4, -0.2) is 35.5 Å². The van der Waals surface area contributed by atoms with E-state index in [2.05, 4.69) is 24.5 Å². The third kappa shape index (κ3) is 5.77. The fourth-order valence-corrected chi connectivity index (χ4v) is 5.23. The molecule has 4 rings (SSSR count). The molecule has 0 saturated heterocycles. The molecule has 0 bridgehead atoms. The molecule has 2 N–H and O–H groups in total. The number of carbonyl (C=O) groups is 2. The van der Waals surface area contributed by atoms with Gasteiger partial charge in [-0.25, -0.2) is 4.99 Å². The summed E-state index contributed by atoms with van der Waals surface area (Å²) >= 11 is 7.81. The predicted molar refractivity (Wildman–Crippen MR) is 146 cm³/mol. The number of amides is 2. The number of halogens is 1. The van der Waals surface area contributed by atoms with E-state index in [-0.39, 0.29) is 18.2 Å². The summed E-state index contributed by atoms with van der Waals surface area (Å²) in [7, 11) is 1.59. The van der Waals surface area contributed by atoms with E-state index in [4.69, 9.17) is 21.3 Å². The molecule has 2 aromatic rings. The average molecular weight is 525 g/mol. The second-order valence-corrected chi connectivity index (χ2v) is 10.3. The summed E-state index contributed by atoms with van der Waals surface area (Å²) in [6.45, 7) is 6.54. The van der Waals surface area contributed by atoms with Gasteiger partial charge in [0.05, 0.1) is 30.8 Å². The largest absolute Gasteiger partial charge is 0.497 e. The van der Waals surface area contributed by atoms with Crippen LogP contribution in [0.15, 0.2) is 75.9 Å². The highest BCUT2D eigenvalue weighted by molar-refractivity contribution is 8.16. The zero-order chi connectivity index (χ0) is 25.8. The van der Waals surface area contributed by atoms with Crippen LogP contribution in [0.5, 0.6) is 5.75 Å². The van der Waals surface area contributed by atoms with Crippen molar-refractivity contribution in [1.29, 1.82) is 0 Å². The third-order valence-corrected chi connectivity index (χ3v) is 6.93. The molecule has 2 aromatic carbocycles. The molecule has 2 heterocycles. The molecule has 0 unspecified atom stereocenters. The molecule has 0 fully saturated rings. The molecule has 2 amide bonds. The number of anilines is 1. The minimum absolute atomic E-state index is 0.0721. The standard InChI is InChI=1S/C27H29ClN4O3S/c1-16(2)14-29-23(33)13-21-15-36-27-30-17(3)24(25(32(21)27)18-6-5-7-19(28)12-18)26(34)31-20-8-10-22(35-4)11-9-20/h5-12,15-16,25H,13-14H2,1-4H3,(H,29,33)(H,31,34)/t25-/m0/s1. The van der Waals surface area contributed by atoms with Crippen LogP contribution in [0.25, 0.3) is 0 Å². The Morgan fingerprint density at radius 1 is 1.19 bits per heavy atom. The molecule has 1 atom stereocenters. The molecule has 0 saturated carbocycles. The molecule has 2 aliphatic rings. The minimum atomic E-state index is -0.492. The van der Waals surface area contributed by atoms with E-state index in [1.807, 2.05) is 35.4 Å². The molecule has 36 heavy (non-hydrogen) atoms. The smallest absolute Gasteiger partial charge is 0.255 e. The molecule has 2 aliphatic heterocycles. The number of rotatable bonds is 8. The van der Waals surface area contributed by atoms with Crippen molar-refractivity contribution in [3.8, 4) is 5.75 Å². The van der Waals surface area contributed by atoms with E-state index >= 15 is 0 Å². The quantitative estimate of drug-likeness (QED) is 0.461.